The zero-order valence-electron chi connectivity index (χ0n) is 6.55. The summed E-state index contributed by atoms with van der Waals surface area (Å²) in [4.78, 5) is 20.8. The lowest BCUT2D eigenvalue weighted by molar-refractivity contribution is -0.140. The first kappa shape index (κ1) is 9.68. The van der Waals surface area contributed by atoms with Gasteiger partial charge in [-0.15, -0.1) is 0 Å². The highest BCUT2D eigenvalue weighted by molar-refractivity contribution is 5.84. The van der Waals surface area contributed by atoms with Crippen molar-refractivity contribution in [2.24, 2.45) is 0 Å². The minimum atomic E-state index is -1.09. The molecule has 0 saturated heterocycles. The molecule has 0 aliphatic rings. The van der Waals surface area contributed by atoms with Gasteiger partial charge in [0.15, 0.2) is 0 Å². The summed E-state index contributed by atoms with van der Waals surface area (Å²) in [5.74, 6) is -1.46. The number of carboxylic acid groups (broad SMARTS) is 1. The van der Waals surface area contributed by atoms with Crippen LogP contribution in [0.3, 0.4) is 0 Å². The fourth-order valence-corrected chi connectivity index (χ4v) is 0.599. The molecule has 1 amide bonds. The Morgan fingerprint density at radius 2 is 1.91 bits per heavy atom. The van der Waals surface area contributed by atoms with Crippen LogP contribution in [0.1, 0.15) is 13.8 Å². The number of carbonyl (C=O) groups excluding carboxylic acids is 1. The third-order valence-electron chi connectivity index (χ3n) is 1.09. The number of amides is 1. The summed E-state index contributed by atoms with van der Waals surface area (Å²) in [6.45, 7) is 6.25. The van der Waals surface area contributed by atoms with Crippen molar-refractivity contribution < 1.29 is 14.7 Å². The average molecular weight is 157 g/mol. The molecule has 0 heterocycles. The zero-order valence-corrected chi connectivity index (χ0v) is 6.55. The van der Waals surface area contributed by atoms with E-state index in [1.54, 1.807) is 6.92 Å². The summed E-state index contributed by atoms with van der Waals surface area (Å²) in [5.41, 5.74) is 0.410. The summed E-state index contributed by atoms with van der Waals surface area (Å²) < 4.78 is 0. The monoisotopic (exact) mass is 157 g/mol. The van der Waals surface area contributed by atoms with Gasteiger partial charge in [-0.2, -0.15) is 0 Å². The van der Waals surface area contributed by atoms with Gasteiger partial charge in [-0.1, -0.05) is 6.58 Å². The van der Waals surface area contributed by atoms with Gasteiger partial charge in [0.25, 0.3) is 0 Å². The van der Waals surface area contributed by atoms with Gasteiger partial charge >= 0.3 is 5.97 Å². The van der Waals surface area contributed by atoms with Gasteiger partial charge in [-0.3, -0.25) is 4.79 Å². The Hall–Kier alpha value is -1.32. The van der Waals surface area contributed by atoms with Crippen molar-refractivity contribution in [3.63, 3.8) is 0 Å². The highest BCUT2D eigenvalue weighted by Crippen LogP contribution is 1.97. The first-order valence-electron chi connectivity index (χ1n) is 3.10. The largest absolute Gasteiger partial charge is 0.479 e. The van der Waals surface area contributed by atoms with Gasteiger partial charge in [-0.25, -0.2) is 4.79 Å². The van der Waals surface area contributed by atoms with Gasteiger partial charge in [-0.05, 0) is 12.5 Å². The first-order chi connectivity index (χ1) is 4.95. The molecule has 0 aliphatic heterocycles. The van der Waals surface area contributed by atoms with E-state index in [2.05, 4.69) is 11.9 Å². The Bertz CT molecular complexity index is 184. The van der Waals surface area contributed by atoms with Crippen LogP contribution in [-0.4, -0.2) is 23.0 Å². The molecule has 62 valence electrons. The van der Waals surface area contributed by atoms with Crippen molar-refractivity contribution in [2.75, 3.05) is 0 Å². The van der Waals surface area contributed by atoms with Crippen LogP contribution in [0, 0.1) is 0 Å². The molecule has 11 heavy (non-hydrogen) atoms. The molecule has 0 bridgehead atoms. The van der Waals surface area contributed by atoms with Gasteiger partial charge in [0.1, 0.15) is 6.04 Å². The first-order valence-corrected chi connectivity index (χ1v) is 3.10. The second-order valence-corrected chi connectivity index (χ2v) is 2.32. The number of carbonyl (C=O) groups is 2. The van der Waals surface area contributed by atoms with E-state index >= 15 is 0 Å². The Balaban J connectivity index is 4.23. The molecule has 0 aliphatic carbocycles. The van der Waals surface area contributed by atoms with Gasteiger partial charge in [0, 0.05) is 6.92 Å². The fourth-order valence-electron chi connectivity index (χ4n) is 0.599. The lowest BCUT2D eigenvalue weighted by Crippen LogP contribution is -2.40. The lowest BCUT2D eigenvalue weighted by atomic mass is 10.1. The van der Waals surface area contributed by atoms with Crippen molar-refractivity contribution in [2.45, 2.75) is 19.9 Å². The predicted molar refractivity (Wildman–Crippen MR) is 40.1 cm³/mol. The normalized spacial score (nSPS) is 11.8. The van der Waals surface area contributed by atoms with E-state index in [0.717, 1.165) is 0 Å². The van der Waals surface area contributed by atoms with Crippen molar-refractivity contribution in [3.05, 3.63) is 12.2 Å². The third kappa shape index (κ3) is 3.40. The smallest absolute Gasteiger partial charge is 0.330 e. The summed E-state index contributed by atoms with van der Waals surface area (Å²) in [5, 5.41) is 10.8. The summed E-state index contributed by atoms with van der Waals surface area (Å²) >= 11 is 0. The number of hydrogen-bond donors (Lipinski definition) is 2. The summed E-state index contributed by atoms with van der Waals surface area (Å²) in [7, 11) is 0. The number of nitrogens with one attached hydrogen (secondary N) is 1. The second-order valence-electron chi connectivity index (χ2n) is 2.32. The lowest BCUT2D eigenvalue weighted by Gasteiger charge is -2.11. The molecule has 0 unspecified atom stereocenters. The molecule has 0 rings (SSSR count). The van der Waals surface area contributed by atoms with Crippen LogP contribution in [0.15, 0.2) is 12.2 Å². The average Bonchev–Trinajstić information content (AvgIpc) is 1.81. The van der Waals surface area contributed by atoms with Crippen molar-refractivity contribution in [1.82, 2.24) is 5.32 Å². The molecular weight excluding hydrogens is 146 g/mol. The minimum absolute atomic E-state index is 0.375. The Kier molecular flexibility index (Phi) is 3.30. The van der Waals surface area contributed by atoms with Crippen molar-refractivity contribution >= 4 is 11.9 Å². The van der Waals surface area contributed by atoms with Gasteiger partial charge in [0.2, 0.25) is 5.91 Å². The third-order valence-corrected chi connectivity index (χ3v) is 1.09. The molecule has 0 spiro atoms. The molecule has 1 atom stereocenters. The fraction of sp³-hybridized carbons (Fsp3) is 0.429. The topological polar surface area (TPSA) is 66.4 Å². The van der Waals surface area contributed by atoms with Gasteiger partial charge in [0.05, 0.1) is 0 Å². The maximum Gasteiger partial charge on any atom is 0.330 e. The van der Waals surface area contributed by atoms with Crippen molar-refractivity contribution in [1.29, 1.82) is 0 Å². The van der Waals surface area contributed by atoms with Crippen LogP contribution in [0.5, 0.6) is 0 Å². The van der Waals surface area contributed by atoms with E-state index in [-0.39, 0.29) is 5.91 Å². The highest BCUT2D eigenvalue weighted by Gasteiger charge is 2.17. The highest BCUT2D eigenvalue weighted by atomic mass is 16.4. The Labute approximate surface area is 64.9 Å². The minimum Gasteiger partial charge on any atom is -0.479 e. The molecule has 0 aromatic carbocycles. The van der Waals surface area contributed by atoms with Crippen LogP contribution in [-0.2, 0) is 9.59 Å². The maximum absolute atomic E-state index is 10.4. The molecular formula is C7H11NO3. The summed E-state index contributed by atoms with van der Waals surface area (Å²) in [6.07, 6.45) is 0. The Morgan fingerprint density at radius 1 is 1.45 bits per heavy atom. The number of aliphatic carboxylic acids is 1. The van der Waals surface area contributed by atoms with E-state index in [1.165, 1.54) is 6.92 Å². The van der Waals surface area contributed by atoms with E-state index in [9.17, 15) is 9.59 Å². The van der Waals surface area contributed by atoms with Crippen LogP contribution < -0.4 is 5.32 Å². The van der Waals surface area contributed by atoms with Crippen LogP contribution in [0.25, 0.3) is 0 Å². The molecule has 0 aromatic heterocycles. The van der Waals surface area contributed by atoms with Crippen LogP contribution in [0.2, 0.25) is 0 Å². The van der Waals surface area contributed by atoms with E-state index in [0.29, 0.717) is 5.57 Å². The van der Waals surface area contributed by atoms with Crippen LogP contribution in [0.4, 0.5) is 0 Å². The van der Waals surface area contributed by atoms with E-state index in [1.807, 2.05) is 0 Å². The maximum atomic E-state index is 10.4. The number of hydrogen-bond acceptors (Lipinski definition) is 2. The standard InChI is InChI=1S/C7H11NO3/c1-4(2)6(7(10)11)8-5(3)9/h6H,1H2,2-3H3,(H,8,9)(H,10,11)/t6-/m0/s1. The molecule has 0 saturated carbocycles. The summed E-state index contributed by atoms with van der Waals surface area (Å²) in [6, 6.07) is -0.965. The van der Waals surface area contributed by atoms with Crippen molar-refractivity contribution in [3.8, 4) is 0 Å². The van der Waals surface area contributed by atoms with E-state index in [4.69, 9.17) is 5.11 Å². The van der Waals surface area contributed by atoms with Gasteiger partial charge < -0.3 is 10.4 Å². The number of rotatable bonds is 3. The molecule has 2 N–H and O–H groups in total. The molecule has 0 radical (unpaired) electrons. The molecule has 4 nitrogen and oxygen atoms in total. The molecule has 4 heteroatoms. The predicted octanol–water partition coefficient (Wildman–Crippen LogP) is 0.152. The zero-order chi connectivity index (χ0) is 9.02. The molecule has 0 aromatic rings. The second kappa shape index (κ2) is 3.75. The van der Waals surface area contributed by atoms with Crippen LogP contribution >= 0.6 is 0 Å². The Morgan fingerprint density at radius 3 is 2.00 bits per heavy atom. The van der Waals surface area contributed by atoms with E-state index < -0.39 is 12.0 Å². The SMILES string of the molecule is C=C(C)[C@H](NC(C)=O)C(=O)O. The number of carboxylic acids is 1. The molecule has 0 fully saturated rings. The quantitative estimate of drug-likeness (QED) is 0.573.